The molecule has 1 aromatic rings. The Morgan fingerprint density at radius 3 is 2.79 bits per heavy atom. The number of nitrogens with zero attached hydrogens (tertiary/aromatic N) is 2. The second-order valence-electron chi connectivity index (χ2n) is 3.95. The normalized spacial score (nSPS) is 10.9. The monoisotopic (exact) mass is 263 g/mol. The Balaban J connectivity index is 2.29. The summed E-state index contributed by atoms with van der Waals surface area (Å²) in [6.45, 7) is 3.49. The molecule has 0 unspecified atom stereocenters. The van der Waals surface area contributed by atoms with Crippen LogP contribution in [0.3, 0.4) is 0 Å². The van der Waals surface area contributed by atoms with Crippen LogP contribution in [0, 0.1) is 0 Å². The highest BCUT2D eigenvalue weighted by molar-refractivity contribution is 5.86. The predicted octanol–water partition coefficient (Wildman–Crippen LogP) is 0.273. The maximum atomic E-state index is 11.4. The molecule has 3 N–H and O–H groups in total. The summed E-state index contributed by atoms with van der Waals surface area (Å²) in [6, 6.07) is 5.72. The topological polar surface area (TPSA) is 78.4 Å². The highest BCUT2D eigenvalue weighted by Crippen LogP contribution is 1.91. The van der Waals surface area contributed by atoms with Crippen LogP contribution in [-0.4, -0.2) is 37.0 Å². The lowest BCUT2D eigenvalue weighted by Gasteiger charge is -2.11. The van der Waals surface area contributed by atoms with Gasteiger partial charge >= 0.3 is 0 Å². The van der Waals surface area contributed by atoms with Gasteiger partial charge in [0.25, 0.3) is 0 Å². The van der Waals surface area contributed by atoms with Gasteiger partial charge in [-0.1, -0.05) is 13.0 Å². The molecule has 1 amide bonds. The van der Waals surface area contributed by atoms with Crippen molar-refractivity contribution in [1.82, 2.24) is 20.9 Å². The zero-order valence-corrected chi connectivity index (χ0v) is 11.4. The predicted molar refractivity (Wildman–Crippen MR) is 75.7 cm³/mol. The minimum Gasteiger partial charge on any atom is -0.355 e. The first-order valence-corrected chi connectivity index (χ1v) is 6.37. The maximum Gasteiger partial charge on any atom is 0.239 e. The Bertz CT molecular complexity index is 405. The van der Waals surface area contributed by atoms with Crippen LogP contribution in [0.2, 0.25) is 0 Å². The third kappa shape index (κ3) is 6.40. The van der Waals surface area contributed by atoms with Crippen molar-refractivity contribution in [3.8, 4) is 0 Å². The molecule has 104 valence electrons. The third-order valence-electron chi connectivity index (χ3n) is 2.38. The van der Waals surface area contributed by atoms with E-state index < -0.39 is 0 Å². The van der Waals surface area contributed by atoms with Gasteiger partial charge in [-0.05, 0) is 18.6 Å². The van der Waals surface area contributed by atoms with Crippen LogP contribution >= 0.6 is 0 Å². The molecule has 6 nitrogen and oxygen atoms in total. The van der Waals surface area contributed by atoms with Crippen LogP contribution in [0.4, 0.5) is 0 Å². The first kappa shape index (κ1) is 14.9. The van der Waals surface area contributed by atoms with Crippen LogP contribution < -0.4 is 16.0 Å². The number of aromatic nitrogens is 1. The van der Waals surface area contributed by atoms with Gasteiger partial charge in [-0.2, -0.15) is 0 Å². The van der Waals surface area contributed by atoms with Crippen molar-refractivity contribution in [2.45, 2.75) is 19.9 Å². The fourth-order valence-corrected chi connectivity index (χ4v) is 1.39. The number of nitrogens with one attached hydrogen (secondary N) is 3. The summed E-state index contributed by atoms with van der Waals surface area (Å²) in [6.07, 6.45) is 2.67. The van der Waals surface area contributed by atoms with Crippen molar-refractivity contribution in [2.75, 3.05) is 20.1 Å². The molecule has 0 bridgehead atoms. The first-order chi connectivity index (χ1) is 9.26. The van der Waals surface area contributed by atoms with Gasteiger partial charge in [-0.15, -0.1) is 0 Å². The standard InChI is InChI=1S/C13H21N5O/c1-3-7-16-12(19)10-18-13(14-2)17-9-11-6-4-5-8-15-11/h4-6,8H,3,7,9-10H2,1-2H3,(H,16,19)(H2,14,17,18). The van der Waals surface area contributed by atoms with E-state index in [1.165, 1.54) is 0 Å². The highest BCUT2D eigenvalue weighted by Gasteiger charge is 2.02. The lowest BCUT2D eigenvalue weighted by molar-refractivity contribution is -0.120. The molecule has 0 saturated heterocycles. The van der Waals surface area contributed by atoms with Gasteiger partial charge in [0, 0.05) is 19.8 Å². The Morgan fingerprint density at radius 1 is 1.32 bits per heavy atom. The summed E-state index contributed by atoms with van der Waals surface area (Å²) in [5.41, 5.74) is 0.917. The van der Waals surface area contributed by atoms with E-state index in [0.717, 1.165) is 12.1 Å². The summed E-state index contributed by atoms with van der Waals surface area (Å²) < 4.78 is 0. The van der Waals surface area contributed by atoms with Gasteiger partial charge in [0.2, 0.25) is 5.91 Å². The second kappa shape index (κ2) is 8.91. The molecule has 1 rings (SSSR count). The summed E-state index contributed by atoms with van der Waals surface area (Å²) in [5.74, 6) is 0.542. The van der Waals surface area contributed by atoms with Gasteiger partial charge in [-0.3, -0.25) is 14.8 Å². The van der Waals surface area contributed by atoms with E-state index in [1.807, 2.05) is 25.1 Å². The molecule has 0 aliphatic carbocycles. The largest absolute Gasteiger partial charge is 0.355 e. The number of amides is 1. The minimum atomic E-state index is -0.0392. The number of rotatable bonds is 6. The van der Waals surface area contributed by atoms with Gasteiger partial charge in [-0.25, -0.2) is 0 Å². The molecule has 1 heterocycles. The molecule has 19 heavy (non-hydrogen) atoms. The van der Waals surface area contributed by atoms with E-state index >= 15 is 0 Å². The molecule has 1 aromatic heterocycles. The number of hydrogen-bond donors (Lipinski definition) is 3. The van der Waals surface area contributed by atoms with Crippen molar-refractivity contribution in [3.05, 3.63) is 30.1 Å². The van der Waals surface area contributed by atoms with E-state index in [1.54, 1.807) is 13.2 Å². The SMILES string of the molecule is CCCNC(=O)CNC(=NC)NCc1ccccn1. The second-order valence-corrected chi connectivity index (χ2v) is 3.95. The number of guanidine groups is 1. The van der Waals surface area contributed by atoms with E-state index in [0.29, 0.717) is 19.0 Å². The lowest BCUT2D eigenvalue weighted by atomic mass is 10.3. The van der Waals surface area contributed by atoms with Crippen molar-refractivity contribution < 1.29 is 4.79 Å². The zero-order chi connectivity index (χ0) is 13.9. The first-order valence-electron chi connectivity index (χ1n) is 6.37. The van der Waals surface area contributed by atoms with Crippen LogP contribution in [0.15, 0.2) is 29.4 Å². The molecule has 0 atom stereocenters. The highest BCUT2D eigenvalue weighted by atomic mass is 16.1. The van der Waals surface area contributed by atoms with Crippen LogP contribution in [0.5, 0.6) is 0 Å². The van der Waals surface area contributed by atoms with E-state index in [4.69, 9.17) is 0 Å². The smallest absolute Gasteiger partial charge is 0.239 e. The average molecular weight is 263 g/mol. The Hall–Kier alpha value is -2.11. The molecule has 6 heteroatoms. The van der Waals surface area contributed by atoms with Crippen LogP contribution in [-0.2, 0) is 11.3 Å². The Kier molecular flexibility index (Phi) is 7.01. The third-order valence-corrected chi connectivity index (χ3v) is 2.38. The molecule has 0 aromatic carbocycles. The fourth-order valence-electron chi connectivity index (χ4n) is 1.39. The zero-order valence-electron chi connectivity index (χ0n) is 11.4. The van der Waals surface area contributed by atoms with Crippen LogP contribution in [0.25, 0.3) is 0 Å². The van der Waals surface area contributed by atoms with Gasteiger partial charge in [0.05, 0.1) is 18.8 Å². The number of pyridine rings is 1. The van der Waals surface area contributed by atoms with Gasteiger partial charge in [0.1, 0.15) is 0 Å². The van der Waals surface area contributed by atoms with E-state index in [2.05, 4.69) is 25.9 Å². The van der Waals surface area contributed by atoms with Crippen LogP contribution in [0.1, 0.15) is 19.0 Å². The molecular formula is C13H21N5O. The maximum absolute atomic E-state index is 11.4. The number of hydrogen-bond acceptors (Lipinski definition) is 3. The summed E-state index contributed by atoms with van der Waals surface area (Å²) in [7, 11) is 1.66. The molecule has 0 radical (unpaired) electrons. The van der Waals surface area contributed by atoms with Crippen molar-refractivity contribution in [2.24, 2.45) is 4.99 Å². The molecule has 0 fully saturated rings. The van der Waals surface area contributed by atoms with E-state index in [-0.39, 0.29) is 12.5 Å². The molecule has 0 spiro atoms. The molecule has 0 aliphatic rings. The van der Waals surface area contributed by atoms with Crippen molar-refractivity contribution in [1.29, 1.82) is 0 Å². The molecule has 0 aliphatic heterocycles. The van der Waals surface area contributed by atoms with Crippen molar-refractivity contribution >= 4 is 11.9 Å². The lowest BCUT2D eigenvalue weighted by Crippen LogP contribution is -2.43. The van der Waals surface area contributed by atoms with Gasteiger partial charge < -0.3 is 16.0 Å². The quantitative estimate of drug-likeness (QED) is 0.508. The molecular weight excluding hydrogens is 242 g/mol. The molecule has 0 saturated carbocycles. The number of aliphatic imine (C=N–C) groups is 1. The average Bonchev–Trinajstić information content (AvgIpc) is 2.46. The Labute approximate surface area is 113 Å². The van der Waals surface area contributed by atoms with Crippen molar-refractivity contribution in [3.63, 3.8) is 0 Å². The minimum absolute atomic E-state index is 0.0392. The fraction of sp³-hybridized carbons (Fsp3) is 0.462. The Morgan fingerprint density at radius 2 is 2.16 bits per heavy atom. The van der Waals surface area contributed by atoms with Gasteiger partial charge in [0.15, 0.2) is 5.96 Å². The summed E-state index contributed by atoms with van der Waals surface area (Å²) in [4.78, 5) is 19.7. The summed E-state index contributed by atoms with van der Waals surface area (Å²) in [5, 5.41) is 8.83. The van der Waals surface area contributed by atoms with E-state index in [9.17, 15) is 4.79 Å². The summed E-state index contributed by atoms with van der Waals surface area (Å²) >= 11 is 0. The number of carbonyl (C=O) groups excluding carboxylic acids is 1. The number of carbonyl (C=O) groups is 1.